The molecule has 0 atom stereocenters. The Morgan fingerprint density at radius 1 is 1.04 bits per heavy atom. The lowest BCUT2D eigenvalue weighted by atomic mass is 10.1. The molecule has 1 aliphatic rings. The fourth-order valence-electron chi connectivity index (χ4n) is 3.67. The van der Waals surface area contributed by atoms with Gasteiger partial charge in [0.05, 0.1) is 0 Å². The second-order valence-corrected chi connectivity index (χ2v) is 6.83. The van der Waals surface area contributed by atoms with Crippen LogP contribution < -0.4 is 0 Å². The zero-order chi connectivity index (χ0) is 16.0. The molecule has 0 N–H and O–H groups in total. The Bertz CT molecular complexity index is 869. The molecule has 134 valence electrons. The van der Waals surface area contributed by atoms with Gasteiger partial charge in [0.15, 0.2) is 0 Å². The van der Waals surface area contributed by atoms with Crippen molar-refractivity contribution in [3.8, 4) is 0 Å². The number of hydrogen-bond donors (Lipinski definition) is 0. The lowest BCUT2D eigenvalue weighted by Gasteiger charge is -2.12. The zero-order valence-corrected chi connectivity index (χ0v) is 16.6. The van der Waals surface area contributed by atoms with Crippen LogP contribution in [0.25, 0.3) is 10.9 Å². The maximum Gasteiger partial charge on any atom is 0.0486 e. The Morgan fingerprint density at radius 2 is 1.84 bits per heavy atom. The van der Waals surface area contributed by atoms with E-state index in [1.54, 1.807) is 0 Å². The van der Waals surface area contributed by atoms with Gasteiger partial charge in [0.25, 0.3) is 0 Å². The maximum absolute atomic E-state index is 4.42. The van der Waals surface area contributed by atoms with E-state index in [-0.39, 0.29) is 24.8 Å². The third kappa shape index (κ3) is 3.69. The molecule has 2 aromatic heterocycles. The van der Waals surface area contributed by atoms with E-state index >= 15 is 0 Å². The van der Waals surface area contributed by atoms with E-state index in [1.165, 1.54) is 33.3 Å². The smallest absolute Gasteiger partial charge is 0.0486 e. The lowest BCUT2D eigenvalue weighted by Crippen LogP contribution is -2.12. The van der Waals surface area contributed by atoms with Gasteiger partial charge < -0.3 is 4.57 Å². The standard InChI is InChI=1S/C20H23N3.2ClH/c1-14-4-7-19-17(10-14)18-12-22(3)13-20(18)23(19)9-8-16-6-5-15(2)21-11-16;;/h4-7,10-11H,8-9,12-13H2,1-3H3;2*1H. The van der Waals surface area contributed by atoms with Crippen LogP contribution in [0.1, 0.15) is 28.1 Å². The summed E-state index contributed by atoms with van der Waals surface area (Å²) in [6.45, 7) is 7.35. The largest absolute Gasteiger partial charge is 0.343 e. The first-order valence-electron chi connectivity index (χ1n) is 8.32. The quantitative estimate of drug-likeness (QED) is 0.660. The molecule has 0 unspecified atom stereocenters. The molecular weight excluding hydrogens is 353 g/mol. The van der Waals surface area contributed by atoms with Crippen LogP contribution in [-0.4, -0.2) is 21.5 Å². The number of halogens is 2. The van der Waals surface area contributed by atoms with E-state index in [4.69, 9.17) is 0 Å². The number of pyridine rings is 1. The van der Waals surface area contributed by atoms with Crippen molar-refractivity contribution in [3.63, 3.8) is 0 Å². The number of hydrogen-bond acceptors (Lipinski definition) is 2. The van der Waals surface area contributed by atoms with Crippen molar-refractivity contribution >= 4 is 35.7 Å². The Labute approximate surface area is 161 Å². The maximum atomic E-state index is 4.42. The molecule has 0 radical (unpaired) electrons. The van der Waals surface area contributed by atoms with Gasteiger partial charge in [0, 0.05) is 48.1 Å². The fraction of sp³-hybridized carbons (Fsp3) is 0.350. The van der Waals surface area contributed by atoms with E-state index in [0.717, 1.165) is 31.7 Å². The topological polar surface area (TPSA) is 21.1 Å². The molecule has 3 nitrogen and oxygen atoms in total. The van der Waals surface area contributed by atoms with Gasteiger partial charge in [-0.15, -0.1) is 24.8 Å². The molecule has 0 saturated heterocycles. The number of rotatable bonds is 3. The van der Waals surface area contributed by atoms with Crippen molar-refractivity contribution < 1.29 is 0 Å². The minimum atomic E-state index is 0. The molecule has 25 heavy (non-hydrogen) atoms. The van der Waals surface area contributed by atoms with Gasteiger partial charge >= 0.3 is 0 Å². The van der Waals surface area contributed by atoms with E-state index in [0.29, 0.717) is 0 Å². The number of fused-ring (bicyclic) bond motifs is 3. The summed E-state index contributed by atoms with van der Waals surface area (Å²) in [4.78, 5) is 6.82. The Hall–Kier alpha value is -1.55. The predicted molar refractivity (Wildman–Crippen MR) is 109 cm³/mol. The second kappa shape index (κ2) is 7.77. The molecule has 5 heteroatoms. The molecule has 0 fully saturated rings. The average Bonchev–Trinajstić information content (AvgIpc) is 3.03. The molecule has 0 spiro atoms. The van der Waals surface area contributed by atoms with Crippen molar-refractivity contribution in [3.05, 3.63) is 64.6 Å². The molecule has 1 aromatic carbocycles. The summed E-state index contributed by atoms with van der Waals surface area (Å²) >= 11 is 0. The normalized spacial score (nSPS) is 13.4. The van der Waals surface area contributed by atoms with Crippen molar-refractivity contribution in [1.82, 2.24) is 14.5 Å². The molecule has 0 saturated carbocycles. The van der Waals surface area contributed by atoms with E-state index in [2.05, 4.69) is 58.8 Å². The highest BCUT2D eigenvalue weighted by Crippen LogP contribution is 2.33. The minimum absolute atomic E-state index is 0. The van der Waals surface area contributed by atoms with Crippen molar-refractivity contribution in [2.45, 2.75) is 39.9 Å². The van der Waals surface area contributed by atoms with Gasteiger partial charge in [-0.1, -0.05) is 17.7 Å². The van der Waals surface area contributed by atoms with Gasteiger partial charge in [0.1, 0.15) is 0 Å². The molecule has 0 bridgehead atoms. The summed E-state index contributed by atoms with van der Waals surface area (Å²) in [6, 6.07) is 11.2. The minimum Gasteiger partial charge on any atom is -0.343 e. The third-order valence-electron chi connectivity index (χ3n) is 4.89. The van der Waals surface area contributed by atoms with Crippen molar-refractivity contribution in [2.24, 2.45) is 0 Å². The van der Waals surface area contributed by atoms with Gasteiger partial charge in [-0.25, -0.2) is 0 Å². The van der Waals surface area contributed by atoms with Crippen molar-refractivity contribution in [1.29, 1.82) is 0 Å². The van der Waals surface area contributed by atoms with Crippen molar-refractivity contribution in [2.75, 3.05) is 7.05 Å². The monoisotopic (exact) mass is 377 g/mol. The predicted octanol–water partition coefficient (Wildman–Crippen LogP) is 4.68. The Morgan fingerprint density at radius 3 is 2.56 bits per heavy atom. The molecular formula is C20H25Cl2N3. The first kappa shape index (κ1) is 19.8. The van der Waals surface area contributed by atoms with Crippen LogP contribution in [0.3, 0.4) is 0 Å². The summed E-state index contributed by atoms with van der Waals surface area (Å²) < 4.78 is 2.52. The Kier molecular flexibility index (Phi) is 6.15. The second-order valence-electron chi connectivity index (χ2n) is 6.83. The van der Waals surface area contributed by atoms with Crippen LogP contribution in [0.15, 0.2) is 36.5 Å². The highest BCUT2D eigenvalue weighted by molar-refractivity contribution is 5.87. The summed E-state index contributed by atoms with van der Waals surface area (Å²) in [7, 11) is 2.20. The van der Waals surface area contributed by atoms with Gasteiger partial charge in [-0.05, 0) is 56.6 Å². The number of aryl methyl sites for hydroxylation is 4. The summed E-state index contributed by atoms with van der Waals surface area (Å²) in [5.74, 6) is 0. The van der Waals surface area contributed by atoms with E-state index < -0.39 is 0 Å². The number of benzene rings is 1. The van der Waals surface area contributed by atoms with Crippen LogP contribution in [-0.2, 0) is 26.1 Å². The highest BCUT2D eigenvalue weighted by Gasteiger charge is 2.24. The van der Waals surface area contributed by atoms with Crippen LogP contribution in [0.5, 0.6) is 0 Å². The first-order valence-corrected chi connectivity index (χ1v) is 8.32. The summed E-state index contributed by atoms with van der Waals surface area (Å²) in [6.07, 6.45) is 3.04. The Balaban J connectivity index is 0.00000113. The highest BCUT2D eigenvalue weighted by atomic mass is 35.5. The fourth-order valence-corrected chi connectivity index (χ4v) is 3.67. The lowest BCUT2D eigenvalue weighted by molar-refractivity contribution is 0.347. The molecule has 0 aliphatic carbocycles. The number of nitrogens with zero attached hydrogens (tertiary/aromatic N) is 3. The zero-order valence-electron chi connectivity index (χ0n) is 15.0. The molecule has 1 aliphatic heterocycles. The van der Waals surface area contributed by atoms with E-state index in [9.17, 15) is 0 Å². The first-order chi connectivity index (χ1) is 11.1. The molecule has 4 rings (SSSR count). The third-order valence-corrected chi connectivity index (χ3v) is 4.89. The molecule has 0 amide bonds. The van der Waals surface area contributed by atoms with Crippen LogP contribution in [0.2, 0.25) is 0 Å². The van der Waals surface area contributed by atoms with Gasteiger partial charge in [0.2, 0.25) is 0 Å². The van der Waals surface area contributed by atoms with Crippen LogP contribution >= 0.6 is 24.8 Å². The summed E-state index contributed by atoms with van der Waals surface area (Å²) in [5, 5.41) is 1.44. The molecule has 3 aromatic rings. The number of aromatic nitrogens is 2. The van der Waals surface area contributed by atoms with Crippen LogP contribution in [0.4, 0.5) is 0 Å². The van der Waals surface area contributed by atoms with E-state index in [1.807, 2.05) is 13.1 Å². The average molecular weight is 378 g/mol. The SMILES string of the molecule is Cc1ccc2c(c1)c1c(n2CCc2ccc(C)nc2)CN(C)C1.Cl.Cl. The van der Waals surface area contributed by atoms with Gasteiger partial charge in [-0.2, -0.15) is 0 Å². The van der Waals surface area contributed by atoms with Crippen LogP contribution in [0, 0.1) is 13.8 Å². The summed E-state index contributed by atoms with van der Waals surface area (Å²) in [5.41, 5.74) is 8.13. The molecule has 3 heterocycles. The van der Waals surface area contributed by atoms with Gasteiger partial charge in [-0.3, -0.25) is 9.88 Å².